The maximum absolute atomic E-state index is 5.68. The van der Waals surface area contributed by atoms with Gasteiger partial charge in [0.2, 0.25) is 0 Å². The monoisotopic (exact) mass is 248 g/mol. The van der Waals surface area contributed by atoms with E-state index in [1.54, 1.807) is 0 Å². The Hall–Kier alpha value is -0.900. The molecule has 0 saturated carbocycles. The van der Waals surface area contributed by atoms with Crippen LogP contribution in [0.2, 0.25) is 0 Å². The molecule has 1 aromatic carbocycles. The second kappa shape index (κ2) is 6.32. The molecule has 1 aliphatic rings. The summed E-state index contributed by atoms with van der Waals surface area (Å²) in [5, 5.41) is 0. The number of hydrogen-bond donors (Lipinski definition) is 1. The lowest BCUT2D eigenvalue weighted by Gasteiger charge is -2.23. The van der Waals surface area contributed by atoms with Gasteiger partial charge in [0, 0.05) is 19.2 Å². The lowest BCUT2D eigenvalue weighted by Crippen LogP contribution is -2.31. The number of hydrogen-bond acceptors (Lipinski definition) is 3. The van der Waals surface area contributed by atoms with Crippen LogP contribution in [0.25, 0.3) is 0 Å². The third-order valence-electron chi connectivity index (χ3n) is 3.86. The lowest BCUT2D eigenvalue weighted by molar-refractivity contribution is 0.156. The highest BCUT2D eigenvalue weighted by Gasteiger charge is 2.20. The largest absolute Gasteiger partial charge is 0.380 e. The molecule has 2 rings (SSSR count). The van der Waals surface area contributed by atoms with E-state index in [4.69, 9.17) is 10.5 Å². The minimum atomic E-state index is 0.444. The first-order valence-electron chi connectivity index (χ1n) is 6.77. The van der Waals surface area contributed by atoms with Crippen LogP contribution in [-0.4, -0.2) is 37.7 Å². The molecule has 1 saturated heterocycles. The molecule has 2 N–H and O–H groups in total. The van der Waals surface area contributed by atoms with Gasteiger partial charge in [-0.1, -0.05) is 31.2 Å². The van der Waals surface area contributed by atoms with E-state index < -0.39 is 0 Å². The Morgan fingerprint density at radius 2 is 2.11 bits per heavy atom. The fourth-order valence-corrected chi connectivity index (χ4v) is 2.37. The van der Waals surface area contributed by atoms with E-state index in [-0.39, 0.29) is 0 Å². The van der Waals surface area contributed by atoms with Crippen molar-refractivity contribution in [2.24, 2.45) is 5.73 Å². The van der Waals surface area contributed by atoms with Crippen molar-refractivity contribution in [3.05, 3.63) is 35.4 Å². The van der Waals surface area contributed by atoms with Crippen molar-refractivity contribution in [1.82, 2.24) is 4.90 Å². The molecular weight excluding hydrogens is 224 g/mol. The first kappa shape index (κ1) is 13.5. The predicted octanol–water partition coefficient (Wildman–Crippen LogP) is 1.97. The van der Waals surface area contributed by atoms with Gasteiger partial charge in [-0.05, 0) is 37.1 Å². The van der Waals surface area contributed by atoms with Gasteiger partial charge in [0.15, 0.2) is 0 Å². The van der Waals surface area contributed by atoms with E-state index in [0.29, 0.717) is 18.5 Å². The zero-order valence-corrected chi connectivity index (χ0v) is 11.4. The Labute approximate surface area is 110 Å². The molecule has 1 fully saturated rings. The highest BCUT2D eigenvalue weighted by atomic mass is 16.5. The van der Waals surface area contributed by atoms with Gasteiger partial charge in [-0.25, -0.2) is 0 Å². The SMILES string of the molecule is CC(CN)c1ccc(CN(C)C2CCOC2)cc1. The summed E-state index contributed by atoms with van der Waals surface area (Å²) in [6, 6.07) is 9.41. The van der Waals surface area contributed by atoms with Crippen LogP contribution in [0.3, 0.4) is 0 Å². The predicted molar refractivity (Wildman–Crippen MR) is 74.6 cm³/mol. The van der Waals surface area contributed by atoms with Crippen molar-refractivity contribution in [1.29, 1.82) is 0 Å². The van der Waals surface area contributed by atoms with Crippen LogP contribution in [-0.2, 0) is 11.3 Å². The summed E-state index contributed by atoms with van der Waals surface area (Å²) in [4.78, 5) is 2.38. The lowest BCUT2D eigenvalue weighted by atomic mass is 10.00. The second-order valence-corrected chi connectivity index (χ2v) is 5.31. The van der Waals surface area contributed by atoms with Crippen LogP contribution >= 0.6 is 0 Å². The van der Waals surface area contributed by atoms with E-state index in [0.717, 1.165) is 26.2 Å². The van der Waals surface area contributed by atoms with Crippen molar-refractivity contribution in [3.63, 3.8) is 0 Å². The molecule has 0 radical (unpaired) electrons. The Morgan fingerprint density at radius 3 is 2.67 bits per heavy atom. The molecular formula is C15H24N2O. The van der Waals surface area contributed by atoms with E-state index in [2.05, 4.69) is 43.1 Å². The minimum Gasteiger partial charge on any atom is -0.380 e. The number of nitrogens with zero attached hydrogens (tertiary/aromatic N) is 1. The summed E-state index contributed by atoms with van der Waals surface area (Å²) in [5.74, 6) is 0.444. The molecule has 1 aromatic rings. The molecule has 0 spiro atoms. The average molecular weight is 248 g/mol. The normalized spacial score (nSPS) is 21.4. The standard InChI is InChI=1S/C15H24N2O/c1-12(9-16)14-5-3-13(4-6-14)10-17(2)15-7-8-18-11-15/h3-6,12,15H,7-11,16H2,1-2H3. The van der Waals surface area contributed by atoms with Crippen LogP contribution in [0.15, 0.2) is 24.3 Å². The molecule has 3 nitrogen and oxygen atoms in total. The van der Waals surface area contributed by atoms with Crippen LogP contribution < -0.4 is 5.73 Å². The van der Waals surface area contributed by atoms with Gasteiger partial charge in [-0.3, -0.25) is 4.90 Å². The number of likely N-dealkylation sites (N-methyl/N-ethyl adjacent to an activating group) is 1. The van der Waals surface area contributed by atoms with Crippen molar-refractivity contribution < 1.29 is 4.74 Å². The summed E-state index contributed by atoms with van der Waals surface area (Å²) in [6.07, 6.45) is 1.15. The Morgan fingerprint density at radius 1 is 1.39 bits per heavy atom. The molecule has 2 atom stereocenters. The van der Waals surface area contributed by atoms with Gasteiger partial charge in [0.1, 0.15) is 0 Å². The van der Waals surface area contributed by atoms with Gasteiger partial charge in [0.25, 0.3) is 0 Å². The fraction of sp³-hybridized carbons (Fsp3) is 0.600. The third-order valence-corrected chi connectivity index (χ3v) is 3.86. The molecule has 18 heavy (non-hydrogen) atoms. The van der Waals surface area contributed by atoms with Gasteiger partial charge in [-0.2, -0.15) is 0 Å². The van der Waals surface area contributed by atoms with Crippen LogP contribution in [0.1, 0.15) is 30.4 Å². The van der Waals surface area contributed by atoms with Gasteiger partial charge in [0.05, 0.1) is 6.61 Å². The molecule has 100 valence electrons. The zero-order chi connectivity index (χ0) is 13.0. The maximum atomic E-state index is 5.68. The molecule has 0 aliphatic carbocycles. The van der Waals surface area contributed by atoms with Crippen LogP contribution in [0, 0.1) is 0 Å². The number of nitrogens with two attached hydrogens (primary N) is 1. The number of benzene rings is 1. The second-order valence-electron chi connectivity index (χ2n) is 5.31. The third kappa shape index (κ3) is 3.31. The van der Waals surface area contributed by atoms with Crippen molar-refractivity contribution in [2.75, 3.05) is 26.8 Å². The molecule has 1 heterocycles. The Balaban J connectivity index is 1.93. The van der Waals surface area contributed by atoms with Crippen LogP contribution in [0.4, 0.5) is 0 Å². The summed E-state index contributed by atoms with van der Waals surface area (Å²) >= 11 is 0. The van der Waals surface area contributed by atoms with Gasteiger partial charge < -0.3 is 10.5 Å². The maximum Gasteiger partial charge on any atom is 0.0622 e. The molecule has 1 aliphatic heterocycles. The van der Waals surface area contributed by atoms with Crippen molar-refractivity contribution in [3.8, 4) is 0 Å². The minimum absolute atomic E-state index is 0.444. The number of ether oxygens (including phenoxy) is 1. The summed E-state index contributed by atoms with van der Waals surface area (Å²) in [6.45, 7) is 5.64. The Bertz CT molecular complexity index is 357. The first-order chi connectivity index (χ1) is 8.70. The zero-order valence-electron chi connectivity index (χ0n) is 11.4. The molecule has 0 bridgehead atoms. The fourth-order valence-electron chi connectivity index (χ4n) is 2.37. The quantitative estimate of drug-likeness (QED) is 0.866. The first-order valence-corrected chi connectivity index (χ1v) is 6.77. The van der Waals surface area contributed by atoms with E-state index >= 15 is 0 Å². The summed E-state index contributed by atoms with van der Waals surface area (Å²) < 4.78 is 5.43. The average Bonchev–Trinajstić information content (AvgIpc) is 2.92. The smallest absolute Gasteiger partial charge is 0.0622 e. The molecule has 0 aromatic heterocycles. The van der Waals surface area contributed by atoms with E-state index in [1.807, 2.05) is 0 Å². The highest BCUT2D eigenvalue weighted by molar-refractivity contribution is 5.25. The van der Waals surface area contributed by atoms with Crippen LogP contribution in [0.5, 0.6) is 0 Å². The van der Waals surface area contributed by atoms with Gasteiger partial charge in [-0.15, -0.1) is 0 Å². The Kier molecular flexibility index (Phi) is 4.75. The van der Waals surface area contributed by atoms with Crippen molar-refractivity contribution in [2.45, 2.75) is 31.8 Å². The van der Waals surface area contributed by atoms with E-state index in [9.17, 15) is 0 Å². The molecule has 0 amide bonds. The highest BCUT2D eigenvalue weighted by Crippen LogP contribution is 2.17. The molecule has 2 unspecified atom stereocenters. The van der Waals surface area contributed by atoms with Gasteiger partial charge >= 0.3 is 0 Å². The summed E-state index contributed by atoms with van der Waals surface area (Å²) in [7, 11) is 2.18. The topological polar surface area (TPSA) is 38.5 Å². The number of rotatable bonds is 5. The van der Waals surface area contributed by atoms with Crippen molar-refractivity contribution >= 4 is 0 Å². The van der Waals surface area contributed by atoms with E-state index in [1.165, 1.54) is 11.1 Å². The summed E-state index contributed by atoms with van der Waals surface area (Å²) in [5.41, 5.74) is 8.37. The molecule has 3 heteroatoms.